The Morgan fingerprint density at radius 2 is 1.07 bits per heavy atom. The summed E-state index contributed by atoms with van der Waals surface area (Å²) in [5.74, 6) is 0. The Kier molecular flexibility index (Phi) is 8.29. The number of hydrogen-bond donors (Lipinski definition) is 0. The zero-order chi connectivity index (χ0) is 20.0. The molecule has 2 aliphatic carbocycles. The topological polar surface area (TPSA) is 0 Å². The molecule has 0 heterocycles. The standard InChI is InChI=1S/2C10H9.2C3H7.2ClH.H2Si.Zr/c2*1-8-6-9-4-2-3-5-10(9)7-8;2*1-3-2;;;;/h2*2-7H,1H3;2*1,3H2,2H3;2*1H;1H2;. The molecule has 0 amide bonds. The Labute approximate surface area is 197 Å². The van der Waals surface area contributed by atoms with Crippen LogP contribution in [0.2, 0.25) is 8.26 Å². The van der Waals surface area contributed by atoms with E-state index in [4.69, 9.17) is 0 Å². The molecular formula is C26H36Cl2SiZr. The Morgan fingerprint density at radius 3 is 1.43 bits per heavy atom. The summed E-state index contributed by atoms with van der Waals surface area (Å²) >= 11 is -3.37. The molecule has 2 aliphatic rings. The van der Waals surface area contributed by atoms with Crippen molar-refractivity contribution in [2.75, 3.05) is 0 Å². The summed E-state index contributed by atoms with van der Waals surface area (Å²) in [6.07, 6.45) is 7.64. The van der Waals surface area contributed by atoms with Gasteiger partial charge in [-0.1, -0.05) is 0 Å². The molecule has 0 spiro atoms. The maximum Gasteiger partial charge on any atom is -0.147 e. The van der Waals surface area contributed by atoms with Gasteiger partial charge in [0, 0.05) is 0 Å². The minimum Gasteiger partial charge on any atom is -0.147 e. The summed E-state index contributed by atoms with van der Waals surface area (Å²) in [5.41, 5.74) is 9.52. The molecule has 0 N–H and O–H groups in total. The van der Waals surface area contributed by atoms with Crippen LogP contribution in [-0.4, -0.2) is 6.88 Å². The second kappa shape index (κ2) is 9.62. The van der Waals surface area contributed by atoms with E-state index in [2.05, 4.69) is 95.3 Å². The van der Waals surface area contributed by atoms with E-state index in [-0.39, 0.29) is 24.8 Å². The first-order valence-electron chi connectivity index (χ1n) is 11.0. The number of halogens is 2. The fraction of sp³-hybridized carbons (Fsp3) is 0.385. The minimum atomic E-state index is -3.37. The first-order valence-corrected chi connectivity index (χ1v) is 23.3. The smallest absolute Gasteiger partial charge is 0.147 e. The third-order valence-corrected chi connectivity index (χ3v) is 36.8. The van der Waals surface area contributed by atoms with Gasteiger partial charge < -0.3 is 0 Å². The van der Waals surface area contributed by atoms with Crippen LogP contribution in [0.1, 0.15) is 70.0 Å². The number of hydrogen-bond acceptors (Lipinski definition) is 0. The molecule has 30 heavy (non-hydrogen) atoms. The molecule has 4 rings (SSSR count). The Hall–Kier alpha value is -0.400. The molecule has 2 aromatic rings. The van der Waals surface area contributed by atoms with Crippen LogP contribution in [0, 0.1) is 0 Å². The largest absolute Gasteiger partial charge is 0.147 e. The Bertz CT molecular complexity index is 967. The summed E-state index contributed by atoms with van der Waals surface area (Å²) < 4.78 is 4.30. The van der Waals surface area contributed by atoms with Crippen molar-refractivity contribution >= 4 is 43.8 Å². The zero-order valence-electron chi connectivity index (χ0n) is 18.8. The van der Waals surface area contributed by atoms with Crippen LogP contribution in [0.4, 0.5) is 0 Å². The molecule has 0 nitrogen and oxygen atoms in total. The maximum absolute atomic E-state index is 3.37. The van der Waals surface area contributed by atoms with Crippen LogP contribution in [0.3, 0.4) is 0 Å². The predicted molar refractivity (Wildman–Crippen MR) is 139 cm³/mol. The summed E-state index contributed by atoms with van der Waals surface area (Å²) in [6, 6.07) is 18.5. The quantitative estimate of drug-likeness (QED) is 0.327. The van der Waals surface area contributed by atoms with Crippen molar-refractivity contribution in [2.45, 2.75) is 56.0 Å². The van der Waals surface area contributed by atoms with Crippen LogP contribution < -0.4 is 0 Å². The number of benzene rings is 2. The van der Waals surface area contributed by atoms with Gasteiger partial charge in [-0.05, 0) is 0 Å². The summed E-state index contributed by atoms with van der Waals surface area (Å²) in [7, 11) is 0. The van der Waals surface area contributed by atoms with Gasteiger partial charge in [0.05, 0.1) is 0 Å². The Balaban J connectivity index is 0.00000160. The normalized spacial score (nSPS) is 19.8. The first kappa shape index (κ1) is 25.9. The molecule has 0 aliphatic heterocycles. The molecule has 2 unspecified atom stereocenters. The van der Waals surface area contributed by atoms with Gasteiger partial charge >= 0.3 is 174 Å². The number of allylic oxidation sites excluding steroid dienone is 2. The van der Waals surface area contributed by atoms with E-state index in [1.54, 1.807) is 22.3 Å². The minimum absolute atomic E-state index is 0. The first-order chi connectivity index (χ1) is 13.4. The van der Waals surface area contributed by atoms with Crippen molar-refractivity contribution in [3.05, 3.63) is 81.9 Å². The molecule has 0 radical (unpaired) electrons. The fourth-order valence-electron chi connectivity index (χ4n) is 7.18. The average Bonchev–Trinajstić information content (AvgIpc) is 3.18. The predicted octanol–water partition coefficient (Wildman–Crippen LogP) is 8.04. The number of fused-ring (bicyclic) bond motifs is 2. The second-order valence-electron chi connectivity index (χ2n) is 9.54. The monoisotopic (exact) mass is 536 g/mol. The average molecular weight is 539 g/mol. The van der Waals surface area contributed by atoms with E-state index in [1.165, 1.54) is 32.2 Å². The van der Waals surface area contributed by atoms with Crippen molar-refractivity contribution < 1.29 is 17.4 Å². The maximum atomic E-state index is 2.56. The van der Waals surface area contributed by atoms with Crippen molar-refractivity contribution in [2.24, 2.45) is 0 Å². The van der Waals surface area contributed by atoms with Crippen LogP contribution >= 0.6 is 24.8 Å². The van der Waals surface area contributed by atoms with Crippen LogP contribution in [0.5, 0.6) is 0 Å². The summed E-state index contributed by atoms with van der Waals surface area (Å²) in [4.78, 5) is 0. The molecule has 0 saturated carbocycles. The van der Waals surface area contributed by atoms with Gasteiger partial charge in [-0.2, -0.15) is 0 Å². The summed E-state index contributed by atoms with van der Waals surface area (Å²) in [5, 5.41) is 0. The molecule has 0 fully saturated rings. The molecule has 2 aromatic carbocycles. The van der Waals surface area contributed by atoms with E-state index in [0.29, 0.717) is 7.25 Å². The van der Waals surface area contributed by atoms with E-state index in [0.717, 1.165) is 0 Å². The molecule has 4 heteroatoms. The zero-order valence-corrected chi connectivity index (χ0v) is 24.3. The van der Waals surface area contributed by atoms with Crippen molar-refractivity contribution in [3.8, 4) is 0 Å². The third-order valence-electron chi connectivity index (χ3n) is 7.63. The van der Waals surface area contributed by atoms with E-state index in [9.17, 15) is 0 Å². The van der Waals surface area contributed by atoms with Gasteiger partial charge in [-0.25, -0.2) is 0 Å². The fourth-order valence-corrected chi connectivity index (χ4v) is 40.2. The van der Waals surface area contributed by atoms with Gasteiger partial charge in [0.25, 0.3) is 0 Å². The van der Waals surface area contributed by atoms with Gasteiger partial charge in [0.2, 0.25) is 0 Å². The van der Waals surface area contributed by atoms with E-state index >= 15 is 0 Å². The van der Waals surface area contributed by atoms with Gasteiger partial charge in [0.1, 0.15) is 0 Å². The molecule has 0 aromatic heterocycles. The van der Waals surface area contributed by atoms with Gasteiger partial charge in [-0.15, -0.1) is 24.8 Å². The van der Waals surface area contributed by atoms with Crippen LogP contribution in [0.15, 0.2) is 59.7 Å². The third kappa shape index (κ3) is 3.81. The van der Waals surface area contributed by atoms with Crippen molar-refractivity contribution in [1.82, 2.24) is 0 Å². The summed E-state index contributed by atoms with van der Waals surface area (Å²) in [6.45, 7) is 12.3. The molecule has 0 saturated heterocycles. The van der Waals surface area contributed by atoms with E-state index in [1.807, 2.05) is 0 Å². The van der Waals surface area contributed by atoms with Crippen molar-refractivity contribution in [3.63, 3.8) is 0 Å². The van der Waals surface area contributed by atoms with Crippen molar-refractivity contribution in [1.29, 1.82) is 0 Å². The molecule has 162 valence electrons. The van der Waals surface area contributed by atoms with Crippen LogP contribution in [0.25, 0.3) is 12.2 Å². The SMILES string of the molecule is CC[CH2][Zr](=[SiH2])([CH2]CC)([CH]1C(C)=Cc2ccccc21)[CH]1C(C)=Cc2ccccc21.Cl.Cl. The Morgan fingerprint density at radius 1 is 0.700 bits per heavy atom. The second-order valence-corrected chi connectivity index (χ2v) is 36.1. The van der Waals surface area contributed by atoms with Gasteiger partial charge in [-0.3, -0.25) is 0 Å². The van der Waals surface area contributed by atoms with Gasteiger partial charge in [0.15, 0.2) is 0 Å². The van der Waals surface area contributed by atoms with Crippen LogP contribution in [-0.2, 0) is 17.4 Å². The van der Waals surface area contributed by atoms with E-state index < -0.39 is 17.4 Å². The molecular weight excluding hydrogens is 503 g/mol. The number of rotatable bonds is 6. The molecule has 0 bridgehead atoms. The molecule has 2 atom stereocenters.